The van der Waals surface area contributed by atoms with E-state index in [4.69, 9.17) is 0 Å². The maximum atomic E-state index is 12.6. The summed E-state index contributed by atoms with van der Waals surface area (Å²) in [6.45, 7) is 2.68. The van der Waals surface area contributed by atoms with Gasteiger partial charge in [-0.05, 0) is 50.6 Å². The quantitative estimate of drug-likeness (QED) is 0.893. The number of amides is 1. The van der Waals surface area contributed by atoms with Gasteiger partial charge >= 0.3 is 0 Å². The minimum Gasteiger partial charge on any atom is -0.345 e. The highest BCUT2D eigenvalue weighted by molar-refractivity contribution is 5.97. The number of H-pyrrole nitrogens is 1. The number of hydrogen-bond acceptors (Lipinski definition) is 3. The molecule has 0 bridgehead atoms. The van der Waals surface area contributed by atoms with Crippen molar-refractivity contribution < 1.29 is 4.79 Å². The van der Waals surface area contributed by atoms with Crippen LogP contribution < -0.4 is 5.32 Å². The van der Waals surface area contributed by atoms with Crippen LogP contribution >= 0.6 is 0 Å². The summed E-state index contributed by atoms with van der Waals surface area (Å²) >= 11 is 0. The SMILES string of the molecule is CNCC1CCCN(C(=O)c2ccc3nc[nH]c3c2)C1. The van der Waals surface area contributed by atoms with E-state index >= 15 is 0 Å². The number of imidazole rings is 1. The van der Waals surface area contributed by atoms with Crippen molar-refractivity contribution in [2.75, 3.05) is 26.7 Å². The van der Waals surface area contributed by atoms with Crippen molar-refractivity contribution in [1.29, 1.82) is 0 Å². The lowest BCUT2D eigenvalue weighted by Gasteiger charge is -2.32. The molecule has 0 aliphatic carbocycles. The van der Waals surface area contributed by atoms with Crippen LogP contribution in [0.25, 0.3) is 11.0 Å². The zero-order chi connectivity index (χ0) is 13.9. The van der Waals surface area contributed by atoms with Gasteiger partial charge in [0, 0.05) is 18.7 Å². The normalized spacial score (nSPS) is 19.4. The molecule has 0 radical (unpaired) electrons. The highest BCUT2D eigenvalue weighted by Gasteiger charge is 2.24. The van der Waals surface area contributed by atoms with E-state index in [9.17, 15) is 4.79 Å². The number of likely N-dealkylation sites (tertiary alicyclic amines) is 1. The number of benzene rings is 1. The average molecular weight is 272 g/mol. The molecule has 3 rings (SSSR count). The summed E-state index contributed by atoms with van der Waals surface area (Å²) in [6.07, 6.45) is 3.94. The number of carbonyl (C=O) groups is 1. The third-order valence-electron chi connectivity index (χ3n) is 3.97. The molecule has 106 valence electrons. The van der Waals surface area contributed by atoms with E-state index in [1.807, 2.05) is 30.1 Å². The first kappa shape index (κ1) is 13.1. The molecule has 20 heavy (non-hydrogen) atoms. The van der Waals surface area contributed by atoms with Crippen LogP contribution in [0.2, 0.25) is 0 Å². The van der Waals surface area contributed by atoms with Gasteiger partial charge in [0.1, 0.15) is 0 Å². The number of nitrogens with zero attached hydrogens (tertiary/aromatic N) is 2. The molecule has 5 nitrogen and oxygen atoms in total. The van der Waals surface area contributed by atoms with Crippen molar-refractivity contribution in [2.24, 2.45) is 5.92 Å². The number of piperidine rings is 1. The second kappa shape index (κ2) is 5.63. The minimum absolute atomic E-state index is 0.127. The summed E-state index contributed by atoms with van der Waals surface area (Å²) in [6, 6.07) is 5.66. The van der Waals surface area contributed by atoms with E-state index in [1.165, 1.54) is 6.42 Å². The second-order valence-corrected chi connectivity index (χ2v) is 5.45. The predicted octanol–water partition coefficient (Wildman–Crippen LogP) is 1.63. The van der Waals surface area contributed by atoms with Gasteiger partial charge < -0.3 is 15.2 Å². The maximum Gasteiger partial charge on any atom is 0.253 e. The third kappa shape index (κ3) is 2.54. The molecule has 1 aliphatic heterocycles. The van der Waals surface area contributed by atoms with Crippen LogP contribution in [0, 0.1) is 5.92 Å². The van der Waals surface area contributed by atoms with Crippen molar-refractivity contribution in [2.45, 2.75) is 12.8 Å². The number of nitrogens with one attached hydrogen (secondary N) is 2. The highest BCUT2D eigenvalue weighted by Crippen LogP contribution is 2.19. The first-order valence-electron chi connectivity index (χ1n) is 7.15. The number of carbonyl (C=O) groups excluding carboxylic acids is 1. The number of hydrogen-bond donors (Lipinski definition) is 2. The highest BCUT2D eigenvalue weighted by atomic mass is 16.2. The molecule has 1 fully saturated rings. The van der Waals surface area contributed by atoms with E-state index in [2.05, 4.69) is 15.3 Å². The number of rotatable bonds is 3. The van der Waals surface area contributed by atoms with Crippen LogP contribution in [0.1, 0.15) is 23.2 Å². The molecular weight excluding hydrogens is 252 g/mol. The predicted molar refractivity (Wildman–Crippen MR) is 78.6 cm³/mol. The Labute approximate surface area is 118 Å². The van der Waals surface area contributed by atoms with Gasteiger partial charge in [0.2, 0.25) is 0 Å². The molecule has 1 unspecified atom stereocenters. The van der Waals surface area contributed by atoms with Gasteiger partial charge in [-0.15, -0.1) is 0 Å². The fraction of sp³-hybridized carbons (Fsp3) is 0.467. The van der Waals surface area contributed by atoms with Crippen molar-refractivity contribution >= 4 is 16.9 Å². The molecule has 1 aliphatic rings. The van der Waals surface area contributed by atoms with Crippen LogP contribution in [0.5, 0.6) is 0 Å². The Balaban J connectivity index is 1.77. The molecule has 1 atom stereocenters. The Morgan fingerprint density at radius 1 is 1.55 bits per heavy atom. The fourth-order valence-electron chi connectivity index (χ4n) is 2.96. The average Bonchev–Trinajstić information content (AvgIpc) is 2.94. The minimum atomic E-state index is 0.127. The largest absolute Gasteiger partial charge is 0.345 e. The Morgan fingerprint density at radius 3 is 3.30 bits per heavy atom. The lowest BCUT2D eigenvalue weighted by Crippen LogP contribution is -2.42. The molecule has 1 saturated heterocycles. The Hall–Kier alpha value is -1.88. The van der Waals surface area contributed by atoms with Gasteiger partial charge in [-0.1, -0.05) is 0 Å². The number of aromatic nitrogens is 2. The van der Waals surface area contributed by atoms with Crippen LogP contribution in [-0.2, 0) is 0 Å². The zero-order valence-electron chi connectivity index (χ0n) is 11.7. The lowest BCUT2D eigenvalue weighted by molar-refractivity contribution is 0.0674. The van der Waals surface area contributed by atoms with Gasteiger partial charge in [0.25, 0.3) is 5.91 Å². The summed E-state index contributed by atoms with van der Waals surface area (Å²) in [5.41, 5.74) is 2.56. The van der Waals surface area contributed by atoms with Crippen molar-refractivity contribution in [3.63, 3.8) is 0 Å². The van der Waals surface area contributed by atoms with E-state index < -0.39 is 0 Å². The summed E-state index contributed by atoms with van der Waals surface area (Å²) in [4.78, 5) is 21.8. The molecule has 2 aromatic rings. The molecule has 5 heteroatoms. The molecule has 0 saturated carbocycles. The number of aromatic amines is 1. The Bertz CT molecular complexity index is 605. The van der Waals surface area contributed by atoms with Crippen molar-refractivity contribution in [3.8, 4) is 0 Å². The molecule has 1 amide bonds. The van der Waals surface area contributed by atoms with Crippen LogP contribution in [0.3, 0.4) is 0 Å². The standard InChI is InChI=1S/C15H20N4O/c1-16-8-11-3-2-6-19(9-11)15(20)12-4-5-13-14(7-12)18-10-17-13/h4-5,7,10-11,16H,2-3,6,8-9H2,1H3,(H,17,18). The molecule has 2 heterocycles. The summed E-state index contributed by atoms with van der Waals surface area (Å²) in [7, 11) is 1.97. The van der Waals surface area contributed by atoms with E-state index in [0.29, 0.717) is 5.92 Å². The zero-order valence-corrected chi connectivity index (χ0v) is 11.7. The van der Waals surface area contributed by atoms with Gasteiger partial charge in [0.05, 0.1) is 17.4 Å². The van der Waals surface area contributed by atoms with Crippen molar-refractivity contribution in [1.82, 2.24) is 20.2 Å². The second-order valence-electron chi connectivity index (χ2n) is 5.45. The Kier molecular flexibility index (Phi) is 3.69. The smallest absolute Gasteiger partial charge is 0.253 e. The first-order valence-corrected chi connectivity index (χ1v) is 7.15. The topological polar surface area (TPSA) is 61.0 Å². The van der Waals surface area contributed by atoms with Crippen LogP contribution in [0.15, 0.2) is 24.5 Å². The van der Waals surface area contributed by atoms with Gasteiger partial charge in [0.15, 0.2) is 0 Å². The monoisotopic (exact) mass is 272 g/mol. The Morgan fingerprint density at radius 2 is 2.45 bits per heavy atom. The van der Waals surface area contributed by atoms with Crippen molar-refractivity contribution in [3.05, 3.63) is 30.1 Å². The van der Waals surface area contributed by atoms with Gasteiger partial charge in [-0.25, -0.2) is 4.98 Å². The van der Waals surface area contributed by atoms with Gasteiger partial charge in [-0.3, -0.25) is 4.79 Å². The molecular formula is C15H20N4O. The maximum absolute atomic E-state index is 12.6. The molecule has 1 aromatic heterocycles. The van der Waals surface area contributed by atoms with Gasteiger partial charge in [-0.2, -0.15) is 0 Å². The van der Waals surface area contributed by atoms with Crippen LogP contribution in [-0.4, -0.2) is 47.5 Å². The molecule has 2 N–H and O–H groups in total. The van der Waals surface area contributed by atoms with Crippen LogP contribution in [0.4, 0.5) is 0 Å². The fourth-order valence-corrected chi connectivity index (χ4v) is 2.96. The third-order valence-corrected chi connectivity index (χ3v) is 3.97. The summed E-state index contributed by atoms with van der Waals surface area (Å²) in [5, 5.41) is 3.21. The number of fused-ring (bicyclic) bond motifs is 1. The first-order chi connectivity index (χ1) is 9.78. The molecule has 0 spiro atoms. The summed E-state index contributed by atoms with van der Waals surface area (Å²) in [5.74, 6) is 0.691. The van der Waals surface area contributed by atoms with E-state index in [0.717, 1.165) is 42.7 Å². The molecule has 1 aromatic carbocycles. The lowest BCUT2D eigenvalue weighted by atomic mass is 9.97. The van der Waals surface area contributed by atoms with E-state index in [1.54, 1.807) is 6.33 Å². The summed E-state index contributed by atoms with van der Waals surface area (Å²) < 4.78 is 0. The van der Waals surface area contributed by atoms with E-state index in [-0.39, 0.29) is 5.91 Å².